The number of thiophene rings is 1. The smallest absolute Gasteiger partial charge is 0.233 e. The summed E-state index contributed by atoms with van der Waals surface area (Å²) < 4.78 is 5.34. The molecule has 0 unspecified atom stereocenters. The van der Waals surface area contributed by atoms with Crippen molar-refractivity contribution < 1.29 is 9.53 Å². The molecule has 0 spiro atoms. The Morgan fingerprint density at radius 1 is 1.33 bits per heavy atom. The zero-order chi connectivity index (χ0) is 18.8. The number of fused-ring (bicyclic) bond motifs is 3. The maximum absolute atomic E-state index is 12.6. The second-order valence-electron chi connectivity index (χ2n) is 6.51. The number of ether oxygens (including phenoxy) is 1. The lowest BCUT2D eigenvalue weighted by Crippen LogP contribution is -2.30. The van der Waals surface area contributed by atoms with Crippen molar-refractivity contribution in [1.82, 2.24) is 15.3 Å². The molecule has 0 radical (unpaired) electrons. The van der Waals surface area contributed by atoms with E-state index >= 15 is 0 Å². The number of para-hydroxylation sites is 1. The van der Waals surface area contributed by atoms with Crippen LogP contribution in [0.2, 0.25) is 0 Å². The van der Waals surface area contributed by atoms with Crippen molar-refractivity contribution in [3.05, 3.63) is 46.6 Å². The Morgan fingerprint density at radius 3 is 3.04 bits per heavy atom. The van der Waals surface area contributed by atoms with Gasteiger partial charge in [0.15, 0.2) is 0 Å². The van der Waals surface area contributed by atoms with Crippen LogP contribution < -0.4 is 10.1 Å². The van der Waals surface area contributed by atoms with Gasteiger partial charge in [0.05, 0.1) is 12.4 Å². The molecular weight excluding hydrogens is 378 g/mol. The van der Waals surface area contributed by atoms with Crippen LogP contribution in [0.15, 0.2) is 35.6 Å². The molecule has 3 aromatic rings. The zero-order valence-corrected chi connectivity index (χ0v) is 17.0. The quantitative estimate of drug-likeness (QED) is 0.502. The number of aromatic nitrogens is 2. The molecule has 1 amide bonds. The molecule has 1 aliphatic rings. The topological polar surface area (TPSA) is 64.1 Å². The van der Waals surface area contributed by atoms with E-state index in [1.165, 1.54) is 28.6 Å². The van der Waals surface area contributed by atoms with E-state index in [1.54, 1.807) is 24.8 Å². The summed E-state index contributed by atoms with van der Waals surface area (Å²) in [7, 11) is 1.64. The maximum atomic E-state index is 12.6. The highest BCUT2D eigenvalue weighted by Gasteiger charge is 2.23. The fraction of sp³-hybridized carbons (Fsp3) is 0.350. The predicted molar refractivity (Wildman–Crippen MR) is 110 cm³/mol. The minimum atomic E-state index is -0.241. The number of carbonyl (C=O) groups is 1. The van der Waals surface area contributed by atoms with Crippen molar-refractivity contribution in [1.29, 1.82) is 0 Å². The van der Waals surface area contributed by atoms with Gasteiger partial charge in [0.1, 0.15) is 21.9 Å². The van der Waals surface area contributed by atoms with Crippen molar-refractivity contribution >= 4 is 39.2 Å². The van der Waals surface area contributed by atoms with Crippen LogP contribution in [0.3, 0.4) is 0 Å². The van der Waals surface area contributed by atoms with Crippen LogP contribution in [0.1, 0.15) is 29.3 Å². The lowest BCUT2D eigenvalue weighted by atomic mass is 10.2. The molecule has 0 fully saturated rings. The first kappa shape index (κ1) is 18.3. The molecule has 0 bridgehead atoms. The number of carbonyl (C=O) groups excluding carboxylic acids is 1. The maximum Gasteiger partial charge on any atom is 0.233 e. The summed E-state index contributed by atoms with van der Waals surface area (Å²) in [6, 6.07) is 7.72. The summed E-state index contributed by atoms with van der Waals surface area (Å²) in [4.78, 5) is 24.0. The molecule has 0 aliphatic heterocycles. The van der Waals surface area contributed by atoms with E-state index < -0.39 is 0 Å². The predicted octanol–water partition coefficient (Wildman–Crippen LogP) is 3.99. The Balaban J connectivity index is 1.47. The first-order chi connectivity index (χ1) is 13.2. The van der Waals surface area contributed by atoms with Crippen LogP contribution >= 0.6 is 23.1 Å². The number of nitrogens with zero attached hydrogens (tertiary/aromatic N) is 2. The van der Waals surface area contributed by atoms with Crippen molar-refractivity contribution in [3.63, 3.8) is 0 Å². The molecule has 7 heteroatoms. The third-order valence-corrected chi connectivity index (χ3v) is 7.07. The van der Waals surface area contributed by atoms with Gasteiger partial charge >= 0.3 is 0 Å². The van der Waals surface area contributed by atoms with E-state index in [0.29, 0.717) is 6.54 Å². The van der Waals surface area contributed by atoms with Crippen molar-refractivity contribution in [2.75, 3.05) is 7.11 Å². The monoisotopic (exact) mass is 399 g/mol. The lowest BCUT2D eigenvalue weighted by molar-refractivity contribution is -0.120. The van der Waals surface area contributed by atoms with E-state index in [0.717, 1.165) is 39.4 Å². The number of aryl methyl sites for hydroxylation is 2. The second-order valence-corrected chi connectivity index (χ2v) is 8.92. The fourth-order valence-corrected chi connectivity index (χ4v) is 5.65. The van der Waals surface area contributed by atoms with Crippen molar-refractivity contribution in [2.45, 2.75) is 43.0 Å². The molecular formula is C20H21N3O2S2. The molecule has 0 saturated carbocycles. The molecule has 27 heavy (non-hydrogen) atoms. The summed E-state index contributed by atoms with van der Waals surface area (Å²) >= 11 is 3.28. The molecule has 1 atom stereocenters. The van der Waals surface area contributed by atoms with Gasteiger partial charge in [-0.1, -0.05) is 30.0 Å². The molecule has 0 saturated heterocycles. The first-order valence-corrected chi connectivity index (χ1v) is 10.7. The summed E-state index contributed by atoms with van der Waals surface area (Å²) in [5.41, 5.74) is 2.35. The Hall–Kier alpha value is -2.12. The van der Waals surface area contributed by atoms with Gasteiger partial charge in [-0.3, -0.25) is 4.79 Å². The molecule has 2 heterocycles. The number of thioether (sulfide) groups is 1. The van der Waals surface area contributed by atoms with Crippen molar-refractivity contribution in [3.8, 4) is 5.75 Å². The minimum absolute atomic E-state index is 0.00968. The Kier molecular flexibility index (Phi) is 5.31. The Labute approximate surface area is 166 Å². The van der Waals surface area contributed by atoms with Gasteiger partial charge in [-0.05, 0) is 37.8 Å². The molecule has 140 valence electrons. The highest BCUT2D eigenvalue weighted by Crippen LogP contribution is 2.40. The first-order valence-electron chi connectivity index (χ1n) is 8.99. The van der Waals surface area contributed by atoms with Crippen LogP contribution in [0.5, 0.6) is 5.75 Å². The van der Waals surface area contributed by atoms with E-state index in [4.69, 9.17) is 4.74 Å². The zero-order valence-electron chi connectivity index (χ0n) is 15.3. The van der Waals surface area contributed by atoms with E-state index in [1.807, 2.05) is 31.2 Å². The van der Waals surface area contributed by atoms with Crippen LogP contribution in [0.25, 0.3) is 10.2 Å². The summed E-state index contributed by atoms with van der Waals surface area (Å²) in [5.74, 6) is 0.772. The summed E-state index contributed by atoms with van der Waals surface area (Å²) in [6.45, 7) is 2.36. The second kappa shape index (κ2) is 7.86. The third kappa shape index (κ3) is 3.66. The number of amides is 1. The highest BCUT2D eigenvalue weighted by atomic mass is 32.2. The van der Waals surface area contributed by atoms with Gasteiger partial charge < -0.3 is 10.1 Å². The normalized spacial score (nSPS) is 14.1. The Bertz CT molecular complexity index is 987. The van der Waals surface area contributed by atoms with E-state index in [2.05, 4.69) is 15.3 Å². The molecule has 2 aromatic heterocycles. The summed E-state index contributed by atoms with van der Waals surface area (Å²) in [5, 5.41) is 4.84. The summed E-state index contributed by atoms with van der Waals surface area (Å²) in [6.07, 6.45) is 5.03. The standard InChI is InChI=1S/C20H21N3O2S2/c1-12(18(24)21-10-13-6-3-4-8-15(13)25-2)26-19-17-14-7-5-9-16(14)27-20(17)23-11-22-19/h3-4,6,8,11-12H,5,7,9-10H2,1-2H3,(H,21,24)/t12-/m0/s1. The van der Waals surface area contributed by atoms with Gasteiger partial charge in [-0.25, -0.2) is 9.97 Å². The van der Waals surface area contributed by atoms with Gasteiger partial charge in [0.2, 0.25) is 5.91 Å². The minimum Gasteiger partial charge on any atom is -0.496 e. The molecule has 4 rings (SSSR count). The molecule has 5 nitrogen and oxygen atoms in total. The number of hydrogen-bond donors (Lipinski definition) is 1. The highest BCUT2D eigenvalue weighted by molar-refractivity contribution is 8.00. The molecule has 1 N–H and O–H groups in total. The number of nitrogens with one attached hydrogen (secondary N) is 1. The molecule has 1 aliphatic carbocycles. The average molecular weight is 400 g/mol. The van der Waals surface area contributed by atoms with Gasteiger partial charge in [0.25, 0.3) is 0 Å². The van der Waals surface area contributed by atoms with Crippen molar-refractivity contribution in [2.24, 2.45) is 0 Å². The van der Waals surface area contributed by atoms with Crippen LogP contribution in [0.4, 0.5) is 0 Å². The van der Waals surface area contributed by atoms with Gasteiger partial charge in [-0.15, -0.1) is 11.3 Å². The average Bonchev–Trinajstić information content (AvgIpc) is 3.27. The number of hydrogen-bond acceptors (Lipinski definition) is 6. The van der Waals surface area contributed by atoms with E-state index in [-0.39, 0.29) is 11.2 Å². The fourth-order valence-electron chi connectivity index (χ4n) is 3.39. The van der Waals surface area contributed by atoms with Crippen LogP contribution in [0, 0.1) is 0 Å². The number of benzene rings is 1. The largest absolute Gasteiger partial charge is 0.496 e. The SMILES string of the molecule is COc1ccccc1CNC(=O)[C@H](C)Sc1ncnc2sc3c(c12)CCC3. The Morgan fingerprint density at radius 2 is 2.19 bits per heavy atom. The number of rotatable bonds is 6. The van der Waals surface area contributed by atoms with E-state index in [9.17, 15) is 4.79 Å². The van der Waals surface area contributed by atoms with Gasteiger partial charge in [0, 0.05) is 22.4 Å². The van der Waals surface area contributed by atoms with Crippen LogP contribution in [-0.2, 0) is 24.2 Å². The molecule has 1 aromatic carbocycles. The van der Waals surface area contributed by atoms with Gasteiger partial charge in [-0.2, -0.15) is 0 Å². The lowest BCUT2D eigenvalue weighted by Gasteiger charge is -2.14. The third-order valence-electron chi connectivity index (χ3n) is 4.77. The van der Waals surface area contributed by atoms with Crippen LogP contribution in [-0.4, -0.2) is 28.2 Å². The number of methoxy groups -OCH3 is 1.